The van der Waals surface area contributed by atoms with Crippen LogP contribution in [0.5, 0.6) is 0 Å². The van der Waals surface area contributed by atoms with Crippen LogP contribution in [0.1, 0.15) is 0 Å². The molecule has 3 heterocycles. The van der Waals surface area contributed by atoms with Gasteiger partial charge < -0.3 is 13.7 Å². The third-order valence-electron chi connectivity index (χ3n) is 29.1. The molecule has 0 aliphatic heterocycles. The summed E-state index contributed by atoms with van der Waals surface area (Å²) < 4.78 is 7.27. The van der Waals surface area contributed by atoms with Gasteiger partial charge in [-0.2, -0.15) is 0 Å². The molecule has 0 saturated carbocycles. The van der Waals surface area contributed by atoms with E-state index in [2.05, 4.69) is 541 Å². The van der Waals surface area contributed by atoms with Gasteiger partial charge in [-0.05, 0) is 277 Å². The molecule has 26 aromatic carbocycles. The second-order valence-corrected chi connectivity index (χ2v) is 36.8. The Morgan fingerprint density at radius 1 is 0.101 bits per heavy atom. The zero-order valence-corrected chi connectivity index (χ0v) is 76.1. The fraction of sp³-hybridized carbons (Fsp3) is 0. The molecule has 29 rings (SSSR count). The highest BCUT2D eigenvalue weighted by atomic mass is 15.0. The first-order valence-electron chi connectivity index (χ1n) is 48.1. The number of hydrogen-bond donors (Lipinski definition) is 0. The number of nitrogens with zero attached hydrogens (tertiary/aromatic N) is 3. The van der Waals surface area contributed by atoms with Crippen molar-refractivity contribution < 1.29 is 0 Å². The molecule has 0 bridgehead atoms. The number of para-hydroxylation sites is 3. The van der Waals surface area contributed by atoms with Gasteiger partial charge in [-0.15, -0.1) is 0 Å². The minimum atomic E-state index is 1.17. The Bertz CT molecular complexity index is 9930. The predicted octanol–water partition coefficient (Wildman–Crippen LogP) is 37.6. The maximum atomic E-state index is 2.46. The summed E-state index contributed by atoms with van der Waals surface area (Å²) in [6.07, 6.45) is 0. The van der Waals surface area contributed by atoms with Gasteiger partial charge in [-0.3, -0.25) is 0 Å². The average Bonchev–Trinajstić information content (AvgIpc) is 1.63. The van der Waals surface area contributed by atoms with E-state index in [1.165, 1.54) is 268 Å². The van der Waals surface area contributed by atoms with Gasteiger partial charge in [0.1, 0.15) is 0 Å². The van der Waals surface area contributed by atoms with Crippen LogP contribution in [-0.2, 0) is 0 Å². The Hall–Kier alpha value is -18.3. The van der Waals surface area contributed by atoms with E-state index in [4.69, 9.17) is 0 Å². The molecule has 3 nitrogen and oxygen atoms in total. The van der Waals surface area contributed by atoms with E-state index in [0.717, 1.165) is 0 Å². The van der Waals surface area contributed by atoms with Crippen molar-refractivity contribution >= 4 is 173 Å². The summed E-state index contributed by atoms with van der Waals surface area (Å²) in [5.74, 6) is 0. The Kier molecular flexibility index (Phi) is 19.3. The highest BCUT2D eigenvalue weighted by Crippen LogP contribution is 2.47. The molecule has 646 valence electrons. The van der Waals surface area contributed by atoms with E-state index in [1.54, 1.807) is 0 Å². The van der Waals surface area contributed by atoms with E-state index in [0.29, 0.717) is 0 Å². The van der Waals surface area contributed by atoms with Gasteiger partial charge in [0.2, 0.25) is 0 Å². The fourth-order valence-corrected chi connectivity index (χ4v) is 22.6. The zero-order valence-electron chi connectivity index (χ0n) is 76.1. The molecule has 0 saturated heterocycles. The minimum Gasteiger partial charge on any atom is -0.309 e. The first-order valence-corrected chi connectivity index (χ1v) is 48.1. The van der Waals surface area contributed by atoms with Crippen LogP contribution in [0.2, 0.25) is 0 Å². The van der Waals surface area contributed by atoms with E-state index in [9.17, 15) is 0 Å². The van der Waals surface area contributed by atoms with E-state index in [-0.39, 0.29) is 0 Å². The van der Waals surface area contributed by atoms with Crippen LogP contribution in [0.25, 0.3) is 268 Å². The van der Waals surface area contributed by atoms with Crippen molar-refractivity contribution in [2.45, 2.75) is 0 Å². The van der Waals surface area contributed by atoms with Gasteiger partial charge in [0.25, 0.3) is 0 Å². The molecule has 0 fully saturated rings. The number of rotatable bonds is 10. The summed E-state index contributed by atoms with van der Waals surface area (Å²) in [6.45, 7) is 0. The average molecular weight is 1760 g/mol. The topological polar surface area (TPSA) is 14.8 Å². The molecule has 0 radical (unpaired) electrons. The summed E-state index contributed by atoms with van der Waals surface area (Å²) in [7, 11) is 0. The third-order valence-corrected chi connectivity index (χ3v) is 29.1. The van der Waals surface area contributed by atoms with E-state index >= 15 is 0 Å². The van der Waals surface area contributed by atoms with Crippen molar-refractivity contribution in [1.82, 2.24) is 13.7 Å². The number of fused-ring (bicyclic) bond motifs is 26. The van der Waals surface area contributed by atoms with Crippen molar-refractivity contribution in [2.24, 2.45) is 0 Å². The molecule has 0 aliphatic carbocycles. The second kappa shape index (κ2) is 33.4. The quantitative estimate of drug-likeness (QED) is 0.121. The normalized spacial score (nSPS) is 11.7. The van der Waals surface area contributed by atoms with Crippen molar-refractivity contribution in [3.05, 3.63) is 528 Å². The first kappa shape index (κ1) is 80.4. The van der Waals surface area contributed by atoms with Gasteiger partial charge in [-0.25, -0.2) is 0 Å². The van der Waals surface area contributed by atoms with E-state index < -0.39 is 0 Å². The molecule has 139 heavy (non-hydrogen) atoms. The predicted molar refractivity (Wildman–Crippen MR) is 595 cm³/mol. The Balaban J connectivity index is 0.000000106. The SMILES string of the molecule is c1cc(-c2ccc3c4ccccc4c4ccccc4c3c2)cc(-c2ccc3c(c2)c2ccccc2n3-c2cc3ccccc3c3ccccc23)c1.c1ccc(-c2ccc(-n3c4ccccc4c4cc(-c5ccc(-c6cccc7ccccc67)cc5)ccc43)cc2)cc1.c1ccc2c(-c3ccc(-c4ccc5c(c4)c4ccccc4n5-c4ccc5c6ccccc6c6ccccc6c5c4)cc3)cccc2c1. The first-order chi connectivity index (χ1) is 68.9. The van der Waals surface area contributed by atoms with E-state index in [1.807, 2.05) is 0 Å². The highest BCUT2D eigenvalue weighted by molar-refractivity contribution is 6.28. The summed E-state index contributed by atoms with van der Waals surface area (Å²) in [6, 6.07) is 193. The molecule has 0 aliphatic rings. The van der Waals surface area contributed by atoms with Gasteiger partial charge in [0.05, 0.1) is 38.8 Å². The lowest BCUT2D eigenvalue weighted by Crippen LogP contribution is -1.96. The monoisotopic (exact) mass is 1760 g/mol. The van der Waals surface area contributed by atoms with Gasteiger partial charge in [0.15, 0.2) is 0 Å². The van der Waals surface area contributed by atoms with Crippen LogP contribution in [0.4, 0.5) is 0 Å². The van der Waals surface area contributed by atoms with Crippen LogP contribution in [-0.4, -0.2) is 13.7 Å². The fourth-order valence-electron chi connectivity index (χ4n) is 22.6. The number of hydrogen-bond acceptors (Lipinski definition) is 0. The summed E-state index contributed by atoms with van der Waals surface area (Å²) in [5, 5.41) is 33.3. The second-order valence-electron chi connectivity index (χ2n) is 36.8. The van der Waals surface area contributed by atoms with Crippen molar-refractivity contribution in [3.8, 4) is 95.0 Å². The minimum absolute atomic E-state index is 1.17. The molecule has 0 spiro atoms. The Labute approximate surface area is 803 Å². The lowest BCUT2D eigenvalue weighted by molar-refractivity contribution is 1.18. The Morgan fingerprint density at radius 3 is 0.820 bits per heavy atom. The number of benzene rings is 26. The molecule has 0 N–H and O–H groups in total. The van der Waals surface area contributed by atoms with Gasteiger partial charge in [0, 0.05) is 49.1 Å². The Morgan fingerprint density at radius 2 is 0.353 bits per heavy atom. The third kappa shape index (κ3) is 13.7. The van der Waals surface area contributed by atoms with Crippen LogP contribution in [0.15, 0.2) is 528 Å². The van der Waals surface area contributed by atoms with Crippen LogP contribution >= 0.6 is 0 Å². The summed E-state index contributed by atoms with van der Waals surface area (Å²) in [4.78, 5) is 0. The van der Waals surface area contributed by atoms with Crippen molar-refractivity contribution in [3.63, 3.8) is 0 Å². The number of aromatic nitrogens is 3. The van der Waals surface area contributed by atoms with Crippen LogP contribution in [0, 0.1) is 0 Å². The lowest BCUT2D eigenvalue weighted by atomic mass is 9.91. The van der Waals surface area contributed by atoms with Crippen molar-refractivity contribution in [2.75, 3.05) is 0 Å². The van der Waals surface area contributed by atoms with Crippen molar-refractivity contribution in [1.29, 1.82) is 0 Å². The van der Waals surface area contributed by atoms with Crippen LogP contribution in [0.3, 0.4) is 0 Å². The maximum Gasteiger partial charge on any atom is 0.0546 e. The standard InChI is InChI=1S/C50H31N.C46H29N.C40H27N/c1-2-15-37-36(12-1)31-50(44-21-8-7-16-38(37)44)51-48-23-10-9-22-45(48)47-30-35(25-27-49(47)51)33-14-11-13-32(28-33)34-24-26-43-41-19-4-3-17-39(41)40-18-5-6-20-42(40)46(43)29-34;1-2-12-35-31(10-1)11-9-18-36(35)32-22-20-30(21-23-32)33-24-27-46-44(28-33)42-17-7-8-19-45(42)47(46)34-25-26-41-39-15-4-3-13-37(39)38-14-5-6-16-40(38)43(41)29-34;1-2-9-28(10-3-1)29-21-24-34(25-22-29)41-39-16-7-6-14-37(39)38-27-33(23-26-40(38)41)30-17-19-32(20-18-30)36-15-8-12-31-11-4-5-13-35(31)36/h1-31H;1-29H;1-27H. The maximum absolute atomic E-state index is 2.46. The molecule has 3 heteroatoms. The molecule has 0 atom stereocenters. The highest BCUT2D eigenvalue weighted by Gasteiger charge is 2.22. The summed E-state index contributed by atoms with van der Waals surface area (Å²) >= 11 is 0. The smallest absolute Gasteiger partial charge is 0.0546 e. The summed E-state index contributed by atoms with van der Waals surface area (Å²) in [5.41, 5.74) is 28.1. The largest absolute Gasteiger partial charge is 0.309 e. The molecular weight excluding hydrogens is 1680 g/mol. The van der Waals surface area contributed by atoms with Gasteiger partial charge in [-0.1, -0.05) is 431 Å². The molecule has 0 unspecified atom stereocenters. The zero-order chi connectivity index (χ0) is 91.5. The lowest BCUT2D eigenvalue weighted by Gasteiger charge is -2.14. The molecular formula is C136H87N3. The molecule has 3 aromatic heterocycles. The molecule has 29 aromatic rings. The molecule has 0 amide bonds. The van der Waals surface area contributed by atoms with Gasteiger partial charge >= 0.3 is 0 Å². The van der Waals surface area contributed by atoms with Crippen LogP contribution < -0.4 is 0 Å².